The summed E-state index contributed by atoms with van der Waals surface area (Å²) >= 11 is 0. The van der Waals surface area contributed by atoms with Crippen molar-refractivity contribution in [3.8, 4) is 0 Å². The van der Waals surface area contributed by atoms with Crippen molar-refractivity contribution < 1.29 is 9.59 Å². The van der Waals surface area contributed by atoms with Crippen molar-refractivity contribution in [1.29, 1.82) is 0 Å². The second kappa shape index (κ2) is 6.37. The van der Waals surface area contributed by atoms with Crippen LogP contribution in [-0.4, -0.2) is 34.8 Å². The molecule has 1 saturated heterocycles. The molecule has 0 radical (unpaired) electrons. The first kappa shape index (κ1) is 16.3. The molecule has 1 N–H and O–H groups in total. The van der Waals surface area contributed by atoms with Crippen molar-refractivity contribution in [2.45, 2.75) is 78.4 Å². The molecule has 0 aromatic carbocycles. The summed E-state index contributed by atoms with van der Waals surface area (Å²) in [6, 6.07) is -0.404. The summed E-state index contributed by atoms with van der Waals surface area (Å²) in [5.41, 5.74) is 0. The fraction of sp³-hybridized carbons (Fsp3) is 0.882. The van der Waals surface area contributed by atoms with Crippen LogP contribution in [0.5, 0.6) is 0 Å². The highest BCUT2D eigenvalue weighted by Crippen LogP contribution is 2.39. The van der Waals surface area contributed by atoms with Gasteiger partial charge in [-0.05, 0) is 37.0 Å². The lowest BCUT2D eigenvalue weighted by Crippen LogP contribution is -2.67. The molecule has 0 bridgehead atoms. The lowest BCUT2D eigenvalue weighted by atomic mass is 9.88. The Labute approximate surface area is 128 Å². The van der Waals surface area contributed by atoms with Gasteiger partial charge in [0, 0.05) is 6.04 Å². The van der Waals surface area contributed by atoms with Gasteiger partial charge in [0.25, 0.3) is 0 Å². The van der Waals surface area contributed by atoms with Crippen LogP contribution in [0, 0.1) is 17.8 Å². The number of hydrogen-bond donors (Lipinski definition) is 1. The van der Waals surface area contributed by atoms with Gasteiger partial charge in [0.1, 0.15) is 12.1 Å². The fourth-order valence-corrected chi connectivity index (χ4v) is 4.23. The molecule has 120 valence electrons. The van der Waals surface area contributed by atoms with Crippen LogP contribution < -0.4 is 5.32 Å². The Hall–Kier alpha value is -1.06. The van der Waals surface area contributed by atoms with E-state index in [1.165, 1.54) is 6.42 Å². The highest BCUT2D eigenvalue weighted by molar-refractivity contribution is 5.97. The average molecular weight is 294 g/mol. The zero-order chi connectivity index (χ0) is 15.7. The molecule has 0 spiro atoms. The molecule has 0 aromatic heterocycles. The number of nitrogens with one attached hydrogen (secondary N) is 1. The summed E-state index contributed by atoms with van der Waals surface area (Å²) in [5.74, 6) is 1.48. The van der Waals surface area contributed by atoms with E-state index in [2.05, 4.69) is 19.2 Å². The standard InChI is InChI=1S/C17H30N2O2/c1-6-12-8-9-14(11(12)5)19-15(10(3)4)16(20)18-13(7-2)17(19)21/h10-15H,6-9H2,1-5H3,(H,18,20). The molecule has 2 fully saturated rings. The number of carbonyl (C=O) groups excluding carboxylic acids is 2. The van der Waals surface area contributed by atoms with Crippen molar-refractivity contribution in [1.82, 2.24) is 10.2 Å². The number of amides is 2. The van der Waals surface area contributed by atoms with Crippen LogP contribution in [0.25, 0.3) is 0 Å². The number of piperazine rings is 1. The van der Waals surface area contributed by atoms with Gasteiger partial charge in [0.05, 0.1) is 0 Å². The monoisotopic (exact) mass is 294 g/mol. The molecule has 5 atom stereocenters. The van der Waals surface area contributed by atoms with E-state index in [4.69, 9.17) is 0 Å². The molecular weight excluding hydrogens is 264 g/mol. The van der Waals surface area contributed by atoms with Crippen molar-refractivity contribution in [3.05, 3.63) is 0 Å². The second-order valence-electron chi connectivity index (χ2n) is 7.08. The van der Waals surface area contributed by atoms with Gasteiger partial charge < -0.3 is 10.2 Å². The Morgan fingerprint density at radius 1 is 1.19 bits per heavy atom. The minimum absolute atomic E-state index is 0.0311. The van der Waals surface area contributed by atoms with Crippen LogP contribution in [0.1, 0.15) is 60.3 Å². The molecule has 2 amide bonds. The molecule has 1 aliphatic carbocycles. The van der Waals surface area contributed by atoms with Crippen LogP contribution in [0.3, 0.4) is 0 Å². The average Bonchev–Trinajstić information content (AvgIpc) is 2.80. The van der Waals surface area contributed by atoms with Gasteiger partial charge in [-0.3, -0.25) is 9.59 Å². The first-order valence-electron chi connectivity index (χ1n) is 8.54. The summed E-state index contributed by atoms with van der Waals surface area (Å²) in [5, 5.41) is 2.91. The quantitative estimate of drug-likeness (QED) is 0.866. The highest BCUT2D eigenvalue weighted by atomic mass is 16.2. The van der Waals surface area contributed by atoms with E-state index in [0.29, 0.717) is 18.3 Å². The molecule has 4 heteroatoms. The van der Waals surface area contributed by atoms with Gasteiger partial charge in [-0.1, -0.05) is 41.0 Å². The maximum Gasteiger partial charge on any atom is 0.246 e. The topological polar surface area (TPSA) is 49.4 Å². The van der Waals surface area contributed by atoms with E-state index < -0.39 is 0 Å². The fourth-order valence-electron chi connectivity index (χ4n) is 4.23. The molecule has 2 rings (SSSR count). The van der Waals surface area contributed by atoms with Crippen molar-refractivity contribution in [2.75, 3.05) is 0 Å². The lowest BCUT2D eigenvalue weighted by Gasteiger charge is -2.45. The van der Waals surface area contributed by atoms with E-state index in [1.54, 1.807) is 0 Å². The Balaban J connectivity index is 2.30. The molecule has 4 nitrogen and oxygen atoms in total. The third kappa shape index (κ3) is 2.82. The summed E-state index contributed by atoms with van der Waals surface area (Å²) in [6.45, 7) is 10.5. The van der Waals surface area contributed by atoms with Crippen LogP contribution in [-0.2, 0) is 9.59 Å². The maximum absolute atomic E-state index is 12.9. The largest absolute Gasteiger partial charge is 0.343 e. The number of carbonyl (C=O) groups is 2. The molecule has 1 heterocycles. The number of hydrogen-bond acceptors (Lipinski definition) is 2. The first-order chi connectivity index (χ1) is 9.92. The first-order valence-corrected chi connectivity index (χ1v) is 8.54. The second-order valence-corrected chi connectivity index (χ2v) is 7.08. The predicted octanol–water partition coefficient (Wildman–Crippen LogP) is 2.57. The van der Waals surface area contributed by atoms with Gasteiger partial charge in [-0.2, -0.15) is 0 Å². The Morgan fingerprint density at radius 2 is 1.86 bits per heavy atom. The summed E-state index contributed by atoms with van der Waals surface area (Å²) in [4.78, 5) is 27.3. The van der Waals surface area contributed by atoms with E-state index in [-0.39, 0.29) is 35.9 Å². The number of rotatable bonds is 4. The number of nitrogens with zero attached hydrogens (tertiary/aromatic N) is 1. The molecular formula is C17H30N2O2. The zero-order valence-electron chi connectivity index (χ0n) is 14.1. The molecule has 0 aromatic rings. The summed E-state index contributed by atoms with van der Waals surface area (Å²) in [6.07, 6.45) is 4.05. The SMILES string of the molecule is CCC1NC(=O)C(C(C)C)N(C2CCC(CC)C2C)C1=O. The van der Waals surface area contributed by atoms with E-state index in [0.717, 1.165) is 12.8 Å². The summed E-state index contributed by atoms with van der Waals surface area (Å²) in [7, 11) is 0. The molecule has 1 aliphatic heterocycles. The van der Waals surface area contributed by atoms with Crippen molar-refractivity contribution in [2.24, 2.45) is 17.8 Å². The molecule has 21 heavy (non-hydrogen) atoms. The Kier molecular flexibility index (Phi) is 4.95. The van der Waals surface area contributed by atoms with Gasteiger partial charge in [-0.15, -0.1) is 0 Å². The van der Waals surface area contributed by atoms with Crippen LogP contribution >= 0.6 is 0 Å². The summed E-state index contributed by atoms with van der Waals surface area (Å²) < 4.78 is 0. The normalized spacial score (nSPS) is 37.2. The lowest BCUT2D eigenvalue weighted by molar-refractivity contribution is -0.155. The molecule has 5 unspecified atom stereocenters. The highest BCUT2D eigenvalue weighted by Gasteiger charge is 2.48. The minimum atomic E-state index is -0.333. The molecule has 2 aliphatic rings. The van der Waals surface area contributed by atoms with E-state index in [9.17, 15) is 9.59 Å². The van der Waals surface area contributed by atoms with E-state index >= 15 is 0 Å². The van der Waals surface area contributed by atoms with Crippen LogP contribution in [0.15, 0.2) is 0 Å². The van der Waals surface area contributed by atoms with Crippen LogP contribution in [0.2, 0.25) is 0 Å². The predicted molar refractivity (Wildman–Crippen MR) is 83.7 cm³/mol. The molecule has 1 saturated carbocycles. The van der Waals surface area contributed by atoms with Crippen LogP contribution in [0.4, 0.5) is 0 Å². The third-order valence-corrected chi connectivity index (χ3v) is 5.54. The van der Waals surface area contributed by atoms with E-state index in [1.807, 2.05) is 25.7 Å². The minimum Gasteiger partial charge on any atom is -0.343 e. The van der Waals surface area contributed by atoms with Crippen molar-refractivity contribution in [3.63, 3.8) is 0 Å². The third-order valence-electron chi connectivity index (χ3n) is 5.54. The Morgan fingerprint density at radius 3 is 2.33 bits per heavy atom. The van der Waals surface area contributed by atoms with Gasteiger partial charge in [0.15, 0.2) is 0 Å². The zero-order valence-corrected chi connectivity index (χ0v) is 14.1. The Bertz CT molecular complexity index is 408. The maximum atomic E-state index is 12.9. The van der Waals surface area contributed by atoms with Gasteiger partial charge >= 0.3 is 0 Å². The van der Waals surface area contributed by atoms with Gasteiger partial charge in [-0.25, -0.2) is 0 Å². The smallest absolute Gasteiger partial charge is 0.246 e. The van der Waals surface area contributed by atoms with Gasteiger partial charge in [0.2, 0.25) is 11.8 Å². The van der Waals surface area contributed by atoms with Crippen molar-refractivity contribution >= 4 is 11.8 Å².